The molecule has 1 heterocycles. The standard InChI is InChI=1S/C17H24Cl2N2O2/c1-3-11-21(13-7-9-20-10-8-13)17(22)12(2)23-15-6-4-5-14(18)16(15)19/h4-6,12-13,20H,3,7-11H2,1-2H3. The number of rotatable bonds is 6. The highest BCUT2D eigenvalue weighted by Crippen LogP contribution is 2.32. The number of ether oxygens (including phenoxy) is 1. The highest BCUT2D eigenvalue weighted by Gasteiger charge is 2.29. The van der Waals surface area contributed by atoms with Gasteiger partial charge >= 0.3 is 0 Å². The van der Waals surface area contributed by atoms with Crippen LogP contribution < -0.4 is 10.1 Å². The zero-order valence-corrected chi connectivity index (χ0v) is 15.2. The lowest BCUT2D eigenvalue weighted by atomic mass is 10.0. The number of amides is 1. The van der Waals surface area contributed by atoms with Crippen LogP contribution in [0, 0.1) is 0 Å². The van der Waals surface area contributed by atoms with Gasteiger partial charge in [-0.3, -0.25) is 4.79 Å². The molecule has 4 nitrogen and oxygen atoms in total. The Morgan fingerprint density at radius 3 is 2.74 bits per heavy atom. The van der Waals surface area contributed by atoms with Gasteiger partial charge in [0.25, 0.3) is 5.91 Å². The van der Waals surface area contributed by atoms with Crippen LogP contribution in [0.1, 0.15) is 33.1 Å². The number of carbonyl (C=O) groups excluding carboxylic acids is 1. The lowest BCUT2D eigenvalue weighted by molar-refractivity contribution is -0.141. The summed E-state index contributed by atoms with van der Waals surface area (Å²) in [6, 6.07) is 5.47. The highest BCUT2D eigenvalue weighted by atomic mass is 35.5. The number of nitrogens with one attached hydrogen (secondary N) is 1. The van der Waals surface area contributed by atoms with Crippen LogP contribution in [0.3, 0.4) is 0 Å². The predicted molar refractivity (Wildman–Crippen MR) is 94.4 cm³/mol. The largest absolute Gasteiger partial charge is 0.479 e. The maximum Gasteiger partial charge on any atom is 0.263 e. The van der Waals surface area contributed by atoms with Gasteiger partial charge in [0.1, 0.15) is 10.8 Å². The Morgan fingerprint density at radius 1 is 1.39 bits per heavy atom. The Kier molecular flexibility index (Phi) is 7.00. The summed E-state index contributed by atoms with van der Waals surface area (Å²) in [6.07, 6.45) is 2.31. The van der Waals surface area contributed by atoms with Crippen molar-refractivity contribution in [2.45, 2.75) is 45.3 Å². The highest BCUT2D eigenvalue weighted by molar-refractivity contribution is 6.42. The van der Waals surface area contributed by atoms with Crippen molar-refractivity contribution in [1.82, 2.24) is 10.2 Å². The smallest absolute Gasteiger partial charge is 0.263 e. The Hall–Kier alpha value is -0.970. The average Bonchev–Trinajstić information content (AvgIpc) is 2.57. The van der Waals surface area contributed by atoms with Crippen molar-refractivity contribution in [2.24, 2.45) is 0 Å². The van der Waals surface area contributed by atoms with Crippen molar-refractivity contribution >= 4 is 29.1 Å². The molecule has 1 unspecified atom stereocenters. The van der Waals surface area contributed by atoms with Gasteiger partial charge in [-0.25, -0.2) is 0 Å². The van der Waals surface area contributed by atoms with Gasteiger partial charge in [0.15, 0.2) is 6.10 Å². The van der Waals surface area contributed by atoms with E-state index in [-0.39, 0.29) is 11.9 Å². The molecule has 1 amide bonds. The maximum absolute atomic E-state index is 12.8. The molecular formula is C17H24Cl2N2O2. The molecule has 1 fully saturated rings. The molecule has 1 aromatic rings. The third-order valence-corrected chi connectivity index (χ3v) is 4.87. The van der Waals surface area contributed by atoms with E-state index in [4.69, 9.17) is 27.9 Å². The van der Waals surface area contributed by atoms with Crippen molar-refractivity contribution < 1.29 is 9.53 Å². The van der Waals surface area contributed by atoms with Gasteiger partial charge in [0.2, 0.25) is 0 Å². The normalized spacial score (nSPS) is 16.9. The van der Waals surface area contributed by atoms with Crippen LogP contribution in [-0.4, -0.2) is 42.6 Å². The first-order valence-corrected chi connectivity index (χ1v) is 8.92. The summed E-state index contributed by atoms with van der Waals surface area (Å²) in [5, 5.41) is 4.10. The lowest BCUT2D eigenvalue weighted by Gasteiger charge is -2.36. The molecule has 1 N–H and O–H groups in total. The molecule has 0 bridgehead atoms. The van der Waals surface area contributed by atoms with E-state index in [0.29, 0.717) is 15.8 Å². The third kappa shape index (κ3) is 4.75. The van der Waals surface area contributed by atoms with Gasteiger partial charge in [-0.05, 0) is 51.4 Å². The van der Waals surface area contributed by atoms with Gasteiger partial charge in [0, 0.05) is 12.6 Å². The van der Waals surface area contributed by atoms with Gasteiger partial charge in [-0.15, -0.1) is 0 Å². The molecule has 2 rings (SSSR count). The SMILES string of the molecule is CCCN(C(=O)C(C)Oc1cccc(Cl)c1Cl)C1CCNCC1. The molecule has 0 aliphatic carbocycles. The first kappa shape index (κ1) is 18.4. The van der Waals surface area contributed by atoms with Crippen LogP contribution >= 0.6 is 23.2 Å². The van der Waals surface area contributed by atoms with Crippen molar-refractivity contribution in [3.8, 4) is 5.75 Å². The number of nitrogens with zero attached hydrogens (tertiary/aromatic N) is 1. The molecule has 1 aliphatic heterocycles. The Morgan fingerprint density at radius 2 is 2.09 bits per heavy atom. The summed E-state index contributed by atoms with van der Waals surface area (Å²) in [6.45, 7) is 6.51. The number of halogens is 2. The molecule has 128 valence electrons. The second-order valence-electron chi connectivity index (χ2n) is 5.82. The molecule has 0 saturated carbocycles. The number of piperidine rings is 1. The number of benzene rings is 1. The minimum absolute atomic E-state index is 0.00907. The number of carbonyl (C=O) groups is 1. The summed E-state index contributed by atoms with van der Waals surface area (Å²) in [5.74, 6) is 0.455. The monoisotopic (exact) mass is 358 g/mol. The summed E-state index contributed by atoms with van der Waals surface area (Å²) in [7, 11) is 0. The van der Waals surface area contributed by atoms with Gasteiger partial charge in [-0.2, -0.15) is 0 Å². The average molecular weight is 359 g/mol. The van der Waals surface area contributed by atoms with Crippen LogP contribution in [0.5, 0.6) is 5.75 Å². The molecule has 1 atom stereocenters. The first-order chi connectivity index (χ1) is 11.0. The zero-order valence-electron chi connectivity index (χ0n) is 13.6. The number of hydrogen-bond donors (Lipinski definition) is 1. The van der Waals surface area contributed by atoms with E-state index in [1.165, 1.54) is 0 Å². The van der Waals surface area contributed by atoms with E-state index in [9.17, 15) is 4.79 Å². The molecule has 1 aliphatic rings. The molecule has 23 heavy (non-hydrogen) atoms. The molecule has 1 aromatic carbocycles. The summed E-state index contributed by atoms with van der Waals surface area (Å²) < 4.78 is 5.78. The van der Waals surface area contributed by atoms with Gasteiger partial charge < -0.3 is 15.0 Å². The van der Waals surface area contributed by atoms with Crippen molar-refractivity contribution in [3.63, 3.8) is 0 Å². The van der Waals surface area contributed by atoms with E-state index < -0.39 is 6.10 Å². The summed E-state index contributed by atoms with van der Waals surface area (Å²) in [4.78, 5) is 14.8. The lowest BCUT2D eigenvalue weighted by Crippen LogP contribution is -2.50. The zero-order chi connectivity index (χ0) is 16.8. The Bertz CT molecular complexity index is 533. The van der Waals surface area contributed by atoms with Crippen molar-refractivity contribution in [3.05, 3.63) is 28.2 Å². The minimum atomic E-state index is -0.590. The third-order valence-electron chi connectivity index (χ3n) is 4.06. The Labute approximate surface area is 148 Å². The number of hydrogen-bond acceptors (Lipinski definition) is 3. The summed E-state index contributed by atoms with van der Waals surface area (Å²) in [5.41, 5.74) is 0. The second-order valence-corrected chi connectivity index (χ2v) is 6.61. The minimum Gasteiger partial charge on any atom is -0.479 e. The predicted octanol–water partition coefficient (Wildman–Crippen LogP) is 3.75. The fourth-order valence-electron chi connectivity index (χ4n) is 2.88. The van der Waals surface area contributed by atoms with Crippen molar-refractivity contribution in [1.29, 1.82) is 0 Å². The van der Waals surface area contributed by atoms with Crippen LogP contribution in [0.15, 0.2) is 18.2 Å². The quantitative estimate of drug-likeness (QED) is 0.841. The fraction of sp³-hybridized carbons (Fsp3) is 0.588. The second kappa shape index (κ2) is 8.76. The molecular weight excluding hydrogens is 335 g/mol. The molecule has 1 saturated heterocycles. The molecule has 6 heteroatoms. The topological polar surface area (TPSA) is 41.6 Å². The maximum atomic E-state index is 12.8. The first-order valence-electron chi connectivity index (χ1n) is 8.16. The van der Waals surface area contributed by atoms with Gasteiger partial charge in [-0.1, -0.05) is 36.2 Å². The van der Waals surface area contributed by atoms with E-state index in [2.05, 4.69) is 12.2 Å². The van der Waals surface area contributed by atoms with Crippen LogP contribution in [0.25, 0.3) is 0 Å². The van der Waals surface area contributed by atoms with E-state index in [1.54, 1.807) is 25.1 Å². The Balaban J connectivity index is 2.07. The molecule has 0 aromatic heterocycles. The van der Waals surface area contributed by atoms with E-state index in [0.717, 1.165) is 38.9 Å². The van der Waals surface area contributed by atoms with E-state index >= 15 is 0 Å². The molecule has 0 spiro atoms. The fourth-order valence-corrected chi connectivity index (χ4v) is 3.22. The summed E-state index contributed by atoms with van der Waals surface area (Å²) >= 11 is 12.1. The van der Waals surface area contributed by atoms with Crippen LogP contribution in [-0.2, 0) is 4.79 Å². The van der Waals surface area contributed by atoms with Crippen molar-refractivity contribution in [2.75, 3.05) is 19.6 Å². The molecule has 0 radical (unpaired) electrons. The van der Waals surface area contributed by atoms with Crippen LogP contribution in [0.2, 0.25) is 10.0 Å². The van der Waals surface area contributed by atoms with Gasteiger partial charge in [0.05, 0.1) is 5.02 Å². The van der Waals surface area contributed by atoms with E-state index in [1.807, 2.05) is 4.90 Å². The van der Waals surface area contributed by atoms with Crippen LogP contribution in [0.4, 0.5) is 0 Å².